The summed E-state index contributed by atoms with van der Waals surface area (Å²) in [6, 6.07) is 0. The summed E-state index contributed by atoms with van der Waals surface area (Å²) in [6.45, 7) is 8.22. The zero-order valence-electron chi connectivity index (χ0n) is 11.9. The second-order valence-corrected chi connectivity index (χ2v) is 4.60. The Kier molecular flexibility index (Phi) is 9.14. The van der Waals surface area contributed by atoms with E-state index >= 15 is 0 Å². The molecule has 0 aliphatic heterocycles. The quantitative estimate of drug-likeness (QED) is 0.435. The first-order valence-corrected chi connectivity index (χ1v) is 6.78. The van der Waals surface area contributed by atoms with E-state index in [0.717, 1.165) is 19.4 Å². The number of hydrogen-bond acceptors (Lipinski definition) is 3. The molecule has 0 rings (SSSR count). The molecule has 0 fully saturated rings. The Bertz CT molecular complexity index is 189. The van der Waals surface area contributed by atoms with Gasteiger partial charge in [0.15, 0.2) is 0 Å². The SMILES string of the molecule is CCC(CC)(CC)CCOCCCC(=O)OC. The summed E-state index contributed by atoms with van der Waals surface area (Å²) >= 11 is 0. The molecule has 0 saturated carbocycles. The van der Waals surface area contributed by atoms with E-state index in [4.69, 9.17) is 4.74 Å². The molecule has 0 N–H and O–H groups in total. The molecule has 0 radical (unpaired) electrons. The maximum atomic E-state index is 10.9. The molecule has 0 unspecified atom stereocenters. The third-order valence-electron chi connectivity index (χ3n) is 3.92. The third kappa shape index (κ3) is 6.67. The largest absolute Gasteiger partial charge is 0.469 e. The monoisotopic (exact) mass is 244 g/mol. The number of ether oxygens (including phenoxy) is 2. The number of rotatable bonds is 10. The Morgan fingerprint density at radius 2 is 1.65 bits per heavy atom. The summed E-state index contributed by atoms with van der Waals surface area (Å²) in [4.78, 5) is 10.9. The fourth-order valence-corrected chi connectivity index (χ4v) is 2.09. The van der Waals surface area contributed by atoms with Crippen LogP contribution in [-0.2, 0) is 14.3 Å². The van der Waals surface area contributed by atoms with Gasteiger partial charge in [-0.1, -0.05) is 40.0 Å². The van der Waals surface area contributed by atoms with Crippen molar-refractivity contribution in [3.63, 3.8) is 0 Å². The summed E-state index contributed by atoms with van der Waals surface area (Å²) in [6.07, 6.45) is 5.97. The first-order valence-electron chi connectivity index (χ1n) is 6.78. The molecule has 0 spiro atoms. The Morgan fingerprint density at radius 1 is 1.06 bits per heavy atom. The van der Waals surface area contributed by atoms with Crippen LogP contribution in [0.5, 0.6) is 0 Å². The standard InChI is InChI=1S/C14H28O3/c1-5-14(6-2,7-3)10-12-17-11-8-9-13(15)16-4/h5-12H2,1-4H3. The fourth-order valence-electron chi connectivity index (χ4n) is 2.09. The molecule has 0 aromatic heterocycles. The first-order chi connectivity index (χ1) is 8.14. The van der Waals surface area contributed by atoms with Gasteiger partial charge in [0, 0.05) is 19.6 Å². The summed E-state index contributed by atoms with van der Waals surface area (Å²) in [7, 11) is 1.42. The summed E-state index contributed by atoms with van der Waals surface area (Å²) in [5, 5.41) is 0. The lowest BCUT2D eigenvalue weighted by atomic mass is 9.77. The molecule has 17 heavy (non-hydrogen) atoms. The van der Waals surface area contributed by atoms with E-state index < -0.39 is 0 Å². The van der Waals surface area contributed by atoms with Crippen molar-refractivity contribution in [1.29, 1.82) is 0 Å². The molecule has 0 aliphatic rings. The van der Waals surface area contributed by atoms with E-state index in [2.05, 4.69) is 25.5 Å². The van der Waals surface area contributed by atoms with E-state index in [9.17, 15) is 4.79 Å². The minimum Gasteiger partial charge on any atom is -0.469 e. The molecule has 0 aromatic carbocycles. The van der Waals surface area contributed by atoms with Crippen LogP contribution in [-0.4, -0.2) is 26.3 Å². The van der Waals surface area contributed by atoms with Gasteiger partial charge in [-0.2, -0.15) is 0 Å². The number of carbonyl (C=O) groups excluding carboxylic acids is 1. The van der Waals surface area contributed by atoms with E-state index in [1.807, 2.05) is 0 Å². The zero-order valence-corrected chi connectivity index (χ0v) is 11.9. The lowest BCUT2D eigenvalue weighted by molar-refractivity contribution is -0.141. The van der Waals surface area contributed by atoms with Crippen LogP contribution < -0.4 is 0 Å². The van der Waals surface area contributed by atoms with Crippen LogP contribution in [0.3, 0.4) is 0 Å². The van der Waals surface area contributed by atoms with Crippen molar-refractivity contribution in [1.82, 2.24) is 0 Å². The fraction of sp³-hybridized carbons (Fsp3) is 0.929. The predicted molar refractivity (Wildman–Crippen MR) is 70.0 cm³/mol. The topological polar surface area (TPSA) is 35.5 Å². The molecular weight excluding hydrogens is 216 g/mol. The van der Waals surface area contributed by atoms with Gasteiger partial charge in [-0.25, -0.2) is 0 Å². The maximum absolute atomic E-state index is 10.9. The van der Waals surface area contributed by atoms with Crippen LogP contribution in [0.15, 0.2) is 0 Å². The number of esters is 1. The molecular formula is C14H28O3. The normalized spacial score (nSPS) is 11.5. The van der Waals surface area contributed by atoms with Crippen molar-refractivity contribution in [2.75, 3.05) is 20.3 Å². The Labute approximate surface area is 106 Å². The number of carbonyl (C=O) groups is 1. The Balaban J connectivity index is 3.59. The zero-order chi connectivity index (χ0) is 13.1. The van der Waals surface area contributed by atoms with Crippen LogP contribution in [0, 0.1) is 5.41 Å². The summed E-state index contributed by atoms with van der Waals surface area (Å²) in [5.41, 5.74) is 0.447. The molecule has 0 aliphatic carbocycles. The molecule has 102 valence electrons. The van der Waals surface area contributed by atoms with Gasteiger partial charge in [-0.05, 0) is 18.3 Å². The van der Waals surface area contributed by atoms with Gasteiger partial charge in [-0.15, -0.1) is 0 Å². The molecule has 3 nitrogen and oxygen atoms in total. The van der Waals surface area contributed by atoms with Crippen LogP contribution >= 0.6 is 0 Å². The van der Waals surface area contributed by atoms with Gasteiger partial charge in [0.05, 0.1) is 7.11 Å². The van der Waals surface area contributed by atoms with E-state index in [-0.39, 0.29) is 5.97 Å². The lowest BCUT2D eigenvalue weighted by Gasteiger charge is -2.30. The van der Waals surface area contributed by atoms with Crippen molar-refractivity contribution in [2.45, 2.75) is 59.3 Å². The molecule has 0 atom stereocenters. The first kappa shape index (κ1) is 16.4. The molecule has 0 bridgehead atoms. The van der Waals surface area contributed by atoms with Gasteiger partial charge < -0.3 is 9.47 Å². The predicted octanol–water partition coefficient (Wildman–Crippen LogP) is 3.56. The van der Waals surface area contributed by atoms with Crippen molar-refractivity contribution in [3.05, 3.63) is 0 Å². The highest BCUT2D eigenvalue weighted by molar-refractivity contribution is 5.68. The van der Waals surface area contributed by atoms with Crippen LogP contribution in [0.2, 0.25) is 0 Å². The minimum absolute atomic E-state index is 0.154. The van der Waals surface area contributed by atoms with Crippen molar-refractivity contribution >= 4 is 5.97 Å². The highest BCUT2D eigenvalue weighted by Crippen LogP contribution is 2.33. The van der Waals surface area contributed by atoms with Crippen molar-refractivity contribution in [2.24, 2.45) is 5.41 Å². The summed E-state index contributed by atoms with van der Waals surface area (Å²) in [5.74, 6) is -0.154. The van der Waals surface area contributed by atoms with Crippen LogP contribution in [0.1, 0.15) is 59.3 Å². The highest BCUT2D eigenvalue weighted by atomic mass is 16.5. The van der Waals surface area contributed by atoms with Gasteiger partial charge >= 0.3 is 5.97 Å². The van der Waals surface area contributed by atoms with Crippen molar-refractivity contribution < 1.29 is 14.3 Å². The van der Waals surface area contributed by atoms with Gasteiger partial charge in [0.2, 0.25) is 0 Å². The molecule has 0 aromatic rings. The number of hydrogen-bond donors (Lipinski definition) is 0. The highest BCUT2D eigenvalue weighted by Gasteiger charge is 2.23. The third-order valence-corrected chi connectivity index (χ3v) is 3.92. The minimum atomic E-state index is -0.154. The Hall–Kier alpha value is -0.570. The molecule has 3 heteroatoms. The molecule has 0 saturated heterocycles. The van der Waals surface area contributed by atoms with Crippen LogP contribution in [0.25, 0.3) is 0 Å². The van der Waals surface area contributed by atoms with E-state index in [0.29, 0.717) is 18.4 Å². The smallest absolute Gasteiger partial charge is 0.305 e. The van der Waals surface area contributed by atoms with Gasteiger partial charge in [0.1, 0.15) is 0 Å². The van der Waals surface area contributed by atoms with Crippen LogP contribution in [0.4, 0.5) is 0 Å². The van der Waals surface area contributed by atoms with E-state index in [1.54, 1.807) is 0 Å². The lowest BCUT2D eigenvalue weighted by Crippen LogP contribution is -2.20. The molecule has 0 amide bonds. The average Bonchev–Trinajstić information content (AvgIpc) is 2.38. The van der Waals surface area contributed by atoms with E-state index in [1.165, 1.54) is 26.4 Å². The summed E-state index contributed by atoms with van der Waals surface area (Å²) < 4.78 is 10.2. The average molecular weight is 244 g/mol. The van der Waals surface area contributed by atoms with Gasteiger partial charge in [-0.3, -0.25) is 4.79 Å². The second-order valence-electron chi connectivity index (χ2n) is 4.60. The Morgan fingerprint density at radius 3 is 2.12 bits per heavy atom. The number of methoxy groups -OCH3 is 1. The second kappa shape index (κ2) is 9.46. The van der Waals surface area contributed by atoms with Gasteiger partial charge in [0.25, 0.3) is 0 Å². The van der Waals surface area contributed by atoms with Crippen molar-refractivity contribution in [3.8, 4) is 0 Å². The molecule has 0 heterocycles. The maximum Gasteiger partial charge on any atom is 0.305 e.